The molecular formula is C8H11NO2S. The lowest BCUT2D eigenvalue weighted by atomic mass is 10.3. The Labute approximate surface area is 75.3 Å². The summed E-state index contributed by atoms with van der Waals surface area (Å²) in [5.41, 5.74) is 0. The quantitative estimate of drug-likeness (QED) is 0.704. The lowest BCUT2D eigenvalue weighted by molar-refractivity contribution is -0.137. The van der Waals surface area contributed by atoms with Gasteiger partial charge in [0.2, 0.25) is 0 Å². The average Bonchev–Trinajstić information content (AvgIpc) is 2.59. The van der Waals surface area contributed by atoms with Gasteiger partial charge in [-0.05, 0) is 12.3 Å². The van der Waals surface area contributed by atoms with Crippen molar-refractivity contribution in [1.82, 2.24) is 0 Å². The Morgan fingerprint density at radius 3 is 2.83 bits per heavy atom. The molecule has 3 nitrogen and oxygen atoms in total. The molecule has 1 aliphatic carbocycles. The highest BCUT2D eigenvalue weighted by molar-refractivity contribution is 8.14. The van der Waals surface area contributed by atoms with Crippen LogP contribution in [0.1, 0.15) is 13.3 Å². The van der Waals surface area contributed by atoms with Crippen LogP contribution in [-0.2, 0) is 4.79 Å². The molecule has 12 heavy (non-hydrogen) atoms. The van der Waals surface area contributed by atoms with Gasteiger partial charge in [-0.15, -0.1) is 11.8 Å². The van der Waals surface area contributed by atoms with E-state index < -0.39 is 12.0 Å². The Morgan fingerprint density at radius 1 is 1.75 bits per heavy atom. The van der Waals surface area contributed by atoms with E-state index in [1.807, 2.05) is 0 Å². The number of thioether (sulfide) groups is 1. The second kappa shape index (κ2) is 2.76. The maximum atomic E-state index is 10.6. The zero-order valence-electron chi connectivity index (χ0n) is 6.86. The van der Waals surface area contributed by atoms with Crippen LogP contribution in [0.4, 0.5) is 0 Å². The smallest absolute Gasteiger partial charge is 0.329 e. The number of hydrogen-bond acceptors (Lipinski definition) is 3. The molecule has 0 saturated heterocycles. The molecule has 1 N–H and O–H groups in total. The number of hydrogen-bond donors (Lipinski definition) is 1. The van der Waals surface area contributed by atoms with Gasteiger partial charge in [0.15, 0.2) is 6.04 Å². The molecule has 3 unspecified atom stereocenters. The molecule has 1 heterocycles. The number of carbonyl (C=O) groups is 1. The molecule has 0 aromatic rings. The molecule has 0 amide bonds. The minimum atomic E-state index is -0.786. The number of rotatable bonds is 2. The molecular weight excluding hydrogens is 174 g/mol. The van der Waals surface area contributed by atoms with Crippen LogP contribution in [-0.4, -0.2) is 27.9 Å². The lowest BCUT2D eigenvalue weighted by Crippen LogP contribution is -2.17. The number of aliphatic carboxylic acids is 1. The van der Waals surface area contributed by atoms with Gasteiger partial charge in [0.25, 0.3) is 0 Å². The highest BCUT2D eigenvalue weighted by Gasteiger charge is 2.40. The normalized spacial score (nSPS) is 39.4. The Bertz CT molecular complexity index is 251. The summed E-state index contributed by atoms with van der Waals surface area (Å²) in [6, 6.07) is -0.474. The molecule has 1 saturated carbocycles. The molecule has 3 atom stereocenters. The van der Waals surface area contributed by atoms with Crippen molar-refractivity contribution in [2.75, 3.05) is 5.75 Å². The van der Waals surface area contributed by atoms with E-state index in [1.165, 1.54) is 6.42 Å². The van der Waals surface area contributed by atoms with E-state index in [9.17, 15) is 4.79 Å². The van der Waals surface area contributed by atoms with Crippen LogP contribution < -0.4 is 0 Å². The summed E-state index contributed by atoms with van der Waals surface area (Å²) in [6.45, 7) is 2.18. The number of nitrogens with zero attached hydrogens (tertiary/aromatic N) is 1. The zero-order chi connectivity index (χ0) is 8.72. The number of carboxylic acid groups (broad SMARTS) is 1. The van der Waals surface area contributed by atoms with Crippen LogP contribution in [0.25, 0.3) is 0 Å². The van der Waals surface area contributed by atoms with E-state index in [0.29, 0.717) is 11.7 Å². The van der Waals surface area contributed by atoms with Gasteiger partial charge in [0, 0.05) is 11.7 Å². The summed E-state index contributed by atoms with van der Waals surface area (Å²) in [7, 11) is 0. The standard InChI is InChI=1S/C8H11NO2S/c1-4-2-5(4)7-9-6(3-12-7)8(10)11/h4-6H,2-3H2,1H3,(H,10,11). The molecule has 1 fully saturated rings. The topological polar surface area (TPSA) is 49.7 Å². The fraction of sp³-hybridized carbons (Fsp3) is 0.750. The van der Waals surface area contributed by atoms with E-state index in [2.05, 4.69) is 11.9 Å². The minimum absolute atomic E-state index is 0.474. The Hall–Kier alpha value is -0.510. The third-order valence-corrected chi connectivity index (χ3v) is 3.57. The first-order valence-electron chi connectivity index (χ1n) is 4.12. The molecule has 2 rings (SSSR count). The SMILES string of the molecule is CC1CC1C1=NC(C(=O)O)CS1. The van der Waals surface area contributed by atoms with Crippen molar-refractivity contribution in [2.45, 2.75) is 19.4 Å². The minimum Gasteiger partial charge on any atom is -0.480 e. The maximum absolute atomic E-state index is 10.6. The third-order valence-electron chi connectivity index (χ3n) is 2.38. The van der Waals surface area contributed by atoms with Crippen LogP contribution in [0.15, 0.2) is 4.99 Å². The summed E-state index contributed by atoms with van der Waals surface area (Å²) in [5.74, 6) is 1.15. The first kappa shape index (κ1) is 8.10. The van der Waals surface area contributed by atoms with Crippen molar-refractivity contribution in [2.24, 2.45) is 16.8 Å². The Balaban J connectivity index is 2.01. The predicted molar refractivity (Wildman–Crippen MR) is 48.6 cm³/mol. The van der Waals surface area contributed by atoms with E-state index in [0.717, 1.165) is 11.0 Å². The molecule has 0 spiro atoms. The highest BCUT2D eigenvalue weighted by atomic mass is 32.2. The Morgan fingerprint density at radius 2 is 2.42 bits per heavy atom. The second-order valence-corrected chi connectivity index (χ2v) is 4.49. The van der Waals surface area contributed by atoms with Crippen molar-refractivity contribution in [3.05, 3.63) is 0 Å². The van der Waals surface area contributed by atoms with E-state index in [1.54, 1.807) is 11.8 Å². The average molecular weight is 185 g/mol. The maximum Gasteiger partial charge on any atom is 0.329 e. The van der Waals surface area contributed by atoms with Gasteiger partial charge in [-0.2, -0.15) is 0 Å². The van der Waals surface area contributed by atoms with Crippen LogP contribution in [0.5, 0.6) is 0 Å². The largest absolute Gasteiger partial charge is 0.480 e. The molecule has 0 aromatic heterocycles. The summed E-state index contributed by atoms with van der Waals surface area (Å²) in [5, 5.41) is 9.76. The summed E-state index contributed by atoms with van der Waals surface area (Å²) < 4.78 is 0. The van der Waals surface area contributed by atoms with Crippen molar-refractivity contribution >= 4 is 22.8 Å². The van der Waals surface area contributed by atoms with Crippen molar-refractivity contribution in [1.29, 1.82) is 0 Å². The van der Waals surface area contributed by atoms with Gasteiger partial charge in [0.1, 0.15) is 0 Å². The van der Waals surface area contributed by atoms with Crippen LogP contribution in [0, 0.1) is 11.8 Å². The van der Waals surface area contributed by atoms with Gasteiger partial charge < -0.3 is 5.11 Å². The van der Waals surface area contributed by atoms with Crippen LogP contribution in [0.2, 0.25) is 0 Å². The van der Waals surface area contributed by atoms with E-state index >= 15 is 0 Å². The molecule has 0 radical (unpaired) electrons. The molecule has 66 valence electrons. The van der Waals surface area contributed by atoms with Gasteiger partial charge in [-0.25, -0.2) is 4.79 Å². The first-order valence-corrected chi connectivity index (χ1v) is 5.10. The fourth-order valence-electron chi connectivity index (χ4n) is 1.39. The van der Waals surface area contributed by atoms with Gasteiger partial charge in [-0.3, -0.25) is 4.99 Å². The van der Waals surface area contributed by atoms with Crippen molar-refractivity contribution in [3.8, 4) is 0 Å². The summed E-state index contributed by atoms with van der Waals surface area (Å²) >= 11 is 1.62. The van der Waals surface area contributed by atoms with Gasteiger partial charge in [-0.1, -0.05) is 6.92 Å². The molecule has 4 heteroatoms. The van der Waals surface area contributed by atoms with E-state index in [-0.39, 0.29) is 0 Å². The molecule has 0 aromatic carbocycles. The van der Waals surface area contributed by atoms with E-state index in [4.69, 9.17) is 5.11 Å². The number of carboxylic acids is 1. The van der Waals surface area contributed by atoms with Crippen molar-refractivity contribution in [3.63, 3.8) is 0 Å². The van der Waals surface area contributed by atoms with Crippen LogP contribution >= 0.6 is 11.8 Å². The molecule has 1 aliphatic heterocycles. The summed E-state index contributed by atoms with van der Waals surface area (Å²) in [4.78, 5) is 14.7. The predicted octanol–water partition coefficient (Wildman–Crippen LogP) is 1.24. The molecule has 2 aliphatic rings. The second-order valence-electron chi connectivity index (χ2n) is 3.45. The van der Waals surface area contributed by atoms with Crippen LogP contribution in [0.3, 0.4) is 0 Å². The number of aliphatic imine (C=N–C) groups is 1. The fourth-order valence-corrected chi connectivity index (χ4v) is 2.68. The lowest BCUT2D eigenvalue weighted by Gasteiger charge is -1.94. The first-order chi connectivity index (χ1) is 5.68. The van der Waals surface area contributed by atoms with Gasteiger partial charge >= 0.3 is 5.97 Å². The third kappa shape index (κ3) is 1.35. The summed E-state index contributed by atoms with van der Waals surface area (Å²) in [6.07, 6.45) is 1.19. The highest BCUT2D eigenvalue weighted by Crippen LogP contribution is 2.44. The Kier molecular flexibility index (Phi) is 1.87. The van der Waals surface area contributed by atoms with Gasteiger partial charge in [0.05, 0.1) is 5.04 Å². The van der Waals surface area contributed by atoms with Crippen molar-refractivity contribution < 1.29 is 9.90 Å². The monoisotopic (exact) mass is 185 g/mol. The molecule has 0 bridgehead atoms. The zero-order valence-corrected chi connectivity index (χ0v) is 7.67.